The van der Waals surface area contributed by atoms with Gasteiger partial charge in [0, 0.05) is 0 Å². The molecule has 0 aliphatic carbocycles. The number of hydrogen-bond acceptors (Lipinski definition) is 2. The van der Waals surface area contributed by atoms with Crippen molar-refractivity contribution in [2.45, 2.75) is 26.4 Å². The van der Waals surface area contributed by atoms with Crippen LogP contribution in [0.4, 0.5) is 0 Å². The zero-order valence-electron chi connectivity index (χ0n) is 8.50. The zero-order valence-corrected chi connectivity index (χ0v) is 9.26. The van der Waals surface area contributed by atoms with E-state index in [0.717, 1.165) is 0 Å². The van der Waals surface area contributed by atoms with Crippen LogP contribution in [0.25, 0.3) is 0 Å². The van der Waals surface area contributed by atoms with Gasteiger partial charge in [-0.2, -0.15) is 0 Å². The van der Waals surface area contributed by atoms with E-state index in [4.69, 9.17) is 16.3 Å². The summed E-state index contributed by atoms with van der Waals surface area (Å²) < 4.78 is 5.18. The number of ether oxygens (including phenoxy) is 1. The second-order valence-corrected chi connectivity index (χ2v) is 4.39. The van der Waals surface area contributed by atoms with E-state index in [1.54, 1.807) is 24.3 Å². The van der Waals surface area contributed by atoms with Crippen LogP contribution in [-0.4, -0.2) is 11.6 Å². The molecule has 2 nitrogen and oxygen atoms in total. The van der Waals surface area contributed by atoms with E-state index >= 15 is 0 Å². The van der Waals surface area contributed by atoms with Gasteiger partial charge in [0.15, 0.2) is 0 Å². The van der Waals surface area contributed by atoms with Gasteiger partial charge < -0.3 is 4.74 Å². The van der Waals surface area contributed by atoms with Crippen molar-refractivity contribution in [3.05, 3.63) is 34.9 Å². The molecule has 0 unspecified atom stereocenters. The van der Waals surface area contributed by atoms with Crippen molar-refractivity contribution in [2.75, 3.05) is 0 Å². The monoisotopic (exact) mass is 212 g/mol. The Balaban J connectivity index is 2.86. The molecule has 1 aromatic carbocycles. The molecule has 0 saturated heterocycles. The molecule has 1 aromatic rings. The first-order chi connectivity index (χ1) is 6.40. The normalized spacial score (nSPS) is 11.1. The molecule has 0 heterocycles. The van der Waals surface area contributed by atoms with Crippen molar-refractivity contribution >= 4 is 17.6 Å². The Kier molecular flexibility index (Phi) is 3.17. The van der Waals surface area contributed by atoms with E-state index in [9.17, 15) is 4.79 Å². The van der Waals surface area contributed by atoms with Crippen LogP contribution in [0.2, 0.25) is 5.02 Å². The summed E-state index contributed by atoms with van der Waals surface area (Å²) in [6.07, 6.45) is 0. The van der Waals surface area contributed by atoms with Crippen LogP contribution in [0.3, 0.4) is 0 Å². The molecule has 0 N–H and O–H groups in total. The third kappa shape index (κ3) is 3.04. The molecule has 0 spiro atoms. The average molecular weight is 213 g/mol. The van der Waals surface area contributed by atoms with E-state index in [2.05, 4.69) is 0 Å². The Morgan fingerprint density at radius 3 is 2.36 bits per heavy atom. The van der Waals surface area contributed by atoms with Crippen molar-refractivity contribution in [2.24, 2.45) is 0 Å². The van der Waals surface area contributed by atoms with Gasteiger partial charge >= 0.3 is 5.97 Å². The third-order valence-electron chi connectivity index (χ3n) is 1.49. The fraction of sp³-hybridized carbons (Fsp3) is 0.364. The summed E-state index contributed by atoms with van der Waals surface area (Å²) in [4.78, 5) is 11.6. The minimum absolute atomic E-state index is 0.386. The summed E-state index contributed by atoms with van der Waals surface area (Å²) in [6.45, 7) is 5.46. The van der Waals surface area contributed by atoms with Crippen LogP contribution in [-0.2, 0) is 4.74 Å². The molecule has 0 amide bonds. The molecule has 0 aliphatic rings. The number of carbonyl (C=O) groups is 1. The topological polar surface area (TPSA) is 26.3 Å². The predicted octanol–water partition coefficient (Wildman–Crippen LogP) is 3.30. The SMILES string of the molecule is CC(C)(C)OC(=O)c1ccccc1Cl. The highest BCUT2D eigenvalue weighted by atomic mass is 35.5. The first-order valence-corrected chi connectivity index (χ1v) is 4.76. The zero-order chi connectivity index (χ0) is 10.8. The summed E-state index contributed by atoms with van der Waals surface area (Å²) in [5, 5.41) is 0.418. The summed E-state index contributed by atoms with van der Waals surface area (Å²) in [6, 6.07) is 6.85. The van der Waals surface area contributed by atoms with Crippen LogP contribution in [0, 0.1) is 0 Å². The van der Waals surface area contributed by atoms with Gasteiger partial charge in [0.25, 0.3) is 0 Å². The van der Waals surface area contributed by atoms with Gasteiger partial charge in [0.05, 0.1) is 10.6 Å². The molecule has 0 saturated carbocycles. The molecule has 1 rings (SSSR count). The number of rotatable bonds is 1. The fourth-order valence-electron chi connectivity index (χ4n) is 0.960. The maximum Gasteiger partial charge on any atom is 0.340 e. The first kappa shape index (κ1) is 11.1. The van der Waals surface area contributed by atoms with Gasteiger partial charge in [-0.1, -0.05) is 23.7 Å². The predicted molar refractivity (Wildman–Crippen MR) is 56.6 cm³/mol. The molecule has 0 radical (unpaired) electrons. The maximum absolute atomic E-state index is 11.6. The van der Waals surface area contributed by atoms with Crippen LogP contribution in [0.5, 0.6) is 0 Å². The molecule has 0 bridgehead atoms. The lowest BCUT2D eigenvalue weighted by Crippen LogP contribution is -2.24. The van der Waals surface area contributed by atoms with Crippen molar-refractivity contribution in [1.29, 1.82) is 0 Å². The van der Waals surface area contributed by atoms with E-state index in [-0.39, 0.29) is 5.97 Å². The van der Waals surface area contributed by atoms with Gasteiger partial charge in [0.1, 0.15) is 5.60 Å². The van der Waals surface area contributed by atoms with Crippen molar-refractivity contribution in [1.82, 2.24) is 0 Å². The highest BCUT2D eigenvalue weighted by Crippen LogP contribution is 2.18. The fourth-order valence-corrected chi connectivity index (χ4v) is 1.17. The van der Waals surface area contributed by atoms with Crippen molar-refractivity contribution < 1.29 is 9.53 Å². The van der Waals surface area contributed by atoms with Gasteiger partial charge in [-0.05, 0) is 32.9 Å². The Hall–Kier alpha value is -1.02. The Morgan fingerprint density at radius 2 is 1.86 bits per heavy atom. The Bertz CT molecular complexity index is 339. The molecule has 0 aliphatic heterocycles. The van der Waals surface area contributed by atoms with Gasteiger partial charge in [-0.25, -0.2) is 4.79 Å². The standard InChI is InChI=1S/C11H13ClO2/c1-11(2,3)14-10(13)8-6-4-5-7-9(8)12/h4-7H,1-3H3. The highest BCUT2D eigenvalue weighted by molar-refractivity contribution is 6.33. The molecular formula is C11H13ClO2. The van der Waals surface area contributed by atoms with Gasteiger partial charge in [-0.3, -0.25) is 0 Å². The summed E-state index contributed by atoms with van der Waals surface area (Å²) in [7, 11) is 0. The molecule has 0 atom stereocenters. The lowest BCUT2D eigenvalue weighted by Gasteiger charge is -2.19. The lowest BCUT2D eigenvalue weighted by molar-refractivity contribution is 0.00698. The molecule has 0 aromatic heterocycles. The number of halogens is 1. The second-order valence-electron chi connectivity index (χ2n) is 3.98. The lowest BCUT2D eigenvalue weighted by atomic mass is 10.1. The molecule has 14 heavy (non-hydrogen) atoms. The molecular weight excluding hydrogens is 200 g/mol. The summed E-state index contributed by atoms with van der Waals surface area (Å²) >= 11 is 5.85. The summed E-state index contributed by atoms with van der Waals surface area (Å²) in [5.74, 6) is -0.386. The van der Waals surface area contributed by atoms with Crippen LogP contribution in [0.15, 0.2) is 24.3 Å². The van der Waals surface area contributed by atoms with Crippen LogP contribution < -0.4 is 0 Å². The van der Waals surface area contributed by atoms with E-state index in [0.29, 0.717) is 10.6 Å². The van der Waals surface area contributed by atoms with E-state index in [1.165, 1.54) is 0 Å². The molecule has 0 fully saturated rings. The third-order valence-corrected chi connectivity index (χ3v) is 1.82. The quantitative estimate of drug-likeness (QED) is 0.668. The number of hydrogen-bond donors (Lipinski definition) is 0. The van der Waals surface area contributed by atoms with Gasteiger partial charge in [-0.15, -0.1) is 0 Å². The largest absolute Gasteiger partial charge is 0.456 e. The summed E-state index contributed by atoms with van der Waals surface area (Å²) in [5.41, 5.74) is -0.0833. The number of benzene rings is 1. The maximum atomic E-state index is 11.6. The van der Waals surface area contributed by atoms with Crippen molar-refractivity contribution in [3.8, 4) is 0 Å². The number of esters is 1. The smallest absolute Gasteiger partial charge is 0.340 e. The van der Waals surface area contributed by atoms with Crippen molar-refractivity contribution in [3.63, 3.8) is 0 Å². The second kappa shape index (κ2) is 4.01. The Labute approximate surface area is 88.8 Å². The first-order valence-electron chi connectivity index (χ1n) is 4.38. The minimum Gasteiger partial charge on any atom is -0.456 e. The average Bonchev–Trinajstić information content (AvgIpc) is 2.01. The molecule has 76 valence electrons. The van der Waals surface area contributed by atoms with E-state index < -0.39 is 5.60 Å². The van der Waals surface area contributed by atoms with Crippen LogP contribution >= 0.6 is 11.6 Å². The highest BCUT2D eigenvalue weighted by Gasteiger charge is 2.19. The van der Waals surface area contributed by atoms with Gasteiger partial charge in [0.2, 0.25) is 0 Å². The minimum atomic E-state index is -0.490. The number of carbonyl (C=O) groups excluding carboxylic acids is 1. The Morgan fingerprint density at radius 1 is 1.29 bits per heavy atom. The van der Waals surface area contributed by atoms with E-state index in [1.807, 2.05) is 20.8 Å². The molecule has 3 heteroatoms. The van der Waals surface area contributed by atoms with Crippen LogP contribution in [0.1, 0.15) is 31.1 Å².